The van der Waals surface area contributed by atoms with Crippen LogP contribution in [0.25, 0.3) is 0 Å². The van der Waals surface area contributed by atoms with Gasteiger partial charge in [-0.1, -0.05) is 6.42 Å². The molecule has 5 heteroatoms. The molecule has 4 N–H and O–H groups in total. The van der Waals surface area contributed by atoms with Gasteiger partial charge in [0.15, 0.2) is 0 Å². The second-order valence-electron chi connectivity index (χ2n) is 5.23. The first-order valence-electron chi connectivity index (χ1n) is 6.86. The van der Waals surface area contributed by atoms with Crippen molar-refractivity contribution in [3.63, 3.8) is 0 Å². The molecule has 1 fully saturated rings. The molecule has 1 aromatic rings. The zero-order valence-corrected chi connectivity index (χ0v) is 11.3. The van der Waals surface area contributed by atoms with Gasteiger partial charge in [-0.25, -0.2) is 4.68 Å². The van der Waals surface area contributed by atoms with Crippen LogP contribution < -0.4 is 11.1 Å². The maximum absolute atomic E-state index is 9.67. The topological polar surface area (TPSA) is 76.1 Å². The van der Waals surface area contributed by atoms with E-state index >= 15 is 0 Å². The van der Waals surface area contributed by atoms with Crippen molar-refractivity contribution in [2.45, 2.75) is 52.2 Å². The Kier molecular flexibility index (Phi) is 4.11. The Morgan fingerprint density at radius 3 is 2.94 bits per heavy atom. The summed E-state index contributed by atoms with van der Waals surface area (Å²) in [4.78, 5) is 0. The number of hydrogen-bond donors (Lipinski definition) is 3. The van der Waals surface area contributed by atoms with Gasteiger partial charge < -0.3 is 16.2 Å². The molecule has 5 nitrogen and oxygen atoms in total. The molecule has 1 aromatic heterocycles. The Balaban J connectivity index is 1.97. The lowest BCUT2D eigenvalue weighted by Gasteiger charge is -2.26. The lowest BCUT2D eigenvalue weighted by atomic mass is 9.87. The van der Waals surface area contributed by atoms with Gasteiger partial charge in [0, 0.05) is 13.1 Å². The van der Waals surface area contributed by atoms with E-state index < -0.39 is 0 Å². The highest BCUT2D eigenvalue weighted by atomic mass is 16.3. The number of aliphatic hydroxyl groups excluding tert-OH is 1. The van der Waals surface area contributed by atoms with E-state index in [1.807, 2.05) is 11.6 Å². The molecule has 2 atom stereocenters. The lowest BCUT2D eigenvalue weighted by molar-refractivity contribution is 0.104. The van der Waals surface area contributed by atoms with E-state index in [-0.39, 0.29) is 6.10 Å². The van der Waals surface area contributed by atoms with E-state index in [0.717, 1.165) is 49.6 Å². The fourth-order valence-electron chi connectivity index (χ4n) is 2.70. The number of nitrogens with zero attached hydrogens (tertiary/aromatic N) is 2. The Hall–Kier alpha value is -1.23. The average molecular weight is 252 g/mol. The number of rotatable bonds is 4. The highest BCUT2D eigenvalue weighted by molar-refractivity contribution is 5.64. The van der Waals surface area contributed by atoms with Crippen molar-refractivity contribution in [1.29, 1.82) is 0 Å². The van der Waals surface area contributed by atoms with Gasteiger partial charge in [0.1, 0.15) is 5.82 Å². The Labute approximate surface area is 108 Å². The number of hydrogen-bond acceptors (Lipinski definition) is 4. The van der Waals surface area contributed by atoms with Crippen LogP contribution in [0.3, 0.4) is 0 Å². The molecule has 18 heavy (non-hydrogen) atoms. The fourth-order valence-corrected chi connectivity index (χ4v) is 2.70. The third-order valence-corrected chi connectivity index (χ3v) is 3.79. The molecule has 0 radical (unpaired) electrons. The van der Waals surface area contributed by atoms with Crippen LogP contribution in [0.1, 0.15) is 38.3 Å². The van der Waals surface area contributed by atoms with E-state index in [0.29, 0.717) is 5.92 Å². The number of anilines is 2. The van der Waals surface area contributed by atoms with Crippen LogP contribution in [0.15, 0.2) is 0 Å². The van der Waals surface area contributed by atoms with Crippen LogP contribution in [-0.4, -0.2) is 27.5 Å². The Bertz CT molecular complexity index is 402. The molecule has 102 valence electrons. The van der Waals surface area contributed by atoms with Crippen LogP contribution in [0.4, 0.5) is 11.5 Å². The van der Waals surface area contributed by atoms with Crippen molar-refractivity contribution >= 4 is 11.5 Å². The number of nitrogens with one attached hydrogen (secondary N) is 1. The van der Waals surface area contributed by atoms with Gasteiger partial charge in [-0.15, -0.1) is 0 Å². The second kappa shape index (κ2) is 5.61. The average Bonchev–Trinajstić information content (AvgIpc) is 2.63. The first-order valence-corrected chi connectivity index (χ1v) is 6.86. The van der Waals surface area contributed by atoms with E-state index in [4.69, 9.17) is 5.73 Å². The molecular formula is C13H24N4O. The molecule has 0 saturated heterocycles. The molecule has 2 rings (SSSR count). The van der Waals surface area contributed by atoms with Crippen LogP contribution in [0.5, 0.6) is 0 Å². The third-order valence-electron chi connectivity index (χ3n) is 3.79. The van der Waals surface area contributed by atoms with Crippen molar-refractivity contribution in [3.8, 4) is 0 Å². The number of aliphatic hydroxyl groups is 1. The van der Waals surface area contributed by atoms with Crippen LogP contribution in [0, 0.1) is 12.8 Å². The molecule has 1 aliphatic carbocycles. The largest absolute Gasteiger partial charge is 0.394 e. The van der Waals surface area contributed by atoms with Gasteiger partial charge in [0.2, 0.25) is 0 Å². The summed E-state index contributed by atoms with van der Waals surface area (Å²) >= 11 is 0. The summed E-state index contributed by atoms with van der Waals surface area (Å²) in [6.07, 6.45) is 4.02. The van der Waals surface area contributed by atoms with Crippen LogP contribution >= 0.6 is 0 Å². The number of aromatic nitrogens is 2. The number of nitrogen functional groups attached to an aromatic ring is 1. The molecule has 0 spiro atoms. The van der Waals surface area contributed by atoms with Gasteiger partial charge in [-0.3, -0.25) is 0 Å². The zero-order valence-electron chi connectivity index (χ0n) is 11.3. The zero-order chi connectivity index (χ0) is 13.1. The van der Waals surface area contributed by atoms with Gasteiger partial charge >= 0.3 is 0 Å². The molecule has 1 saturated carbocycles. The first kappa shape index (κ1) is 13.2. The fraction of sp³-hybridized carbons (Fsp3) is 0.769. The molecule has 1 aliphatic rings. The first-order chi connectivity index (χ1) is 8.61. The molecular weight excluding hydrogens is 228 g/mol. The minimum absolute atomic E-state index is 0.124. The van der Waals surface area contributed by atoms with Gasteiger partial charge in [0.05, 0.1) is 17.5 Å². The van der Waals surface area contributed by atoms with E-state index in [1.165, 1.54) is 6.42 Å². The van der Waals surface area contributed by atoms with Crippen LogP contribution in [0.2, 0.25) is 0 Å². The minimum Gasteiger partial charge on any atom is -0.394 e. The normalized spacial score (nSPS) is 24.2. The molecule has 0 amide bonds. The Morgan fingerprint density at radius 2 is 2.28 bits per heavy atom. The van der Waals surface area contributed by atoms with Crippen molar-refractivity contribution in [2.24, 2.45) is 5.92 Å². The van der Waals surface area contributed by atoms with Crippen molar-refractivity contribution in [3.05, 3.63) is 5.69 Å². The lowest BCUT2D eigenvalue weighted by Crippen LogP contribution is -2.25. The standard InChI is InChI=1S/C13H24N4O/c1-3-17-13(12(14)9(2)16-17)15-8-10-5-4-6-11(18)7-10/h10-11,15,18H,3-8,14H2,1-2H3. The Morgan fingerprint density at radius 1 is 1.50 bits per heavy atom. The molecule has 2 unspecified atom stereocenters. The number of nitrogens with two attached hydrogens (primary N) is 1. The monoisotopic (exact) mass is 252 g/mol. The van der Waals surface area contributed by atoms with E-state index in [2.05, 4.69) is 17.3 Å². The molecule has 0 bridgehead atoms. The minimum atomic E-state index is -0.124. The van der Waals surface area contributed by atoms with Gasteiger partial charge in [0.25, 0.3) is 0 Å². The highest BCUT2D eigenvalue weighted by Gasteiger charge is 2.21. The second-order valence-corrected chi connectivity index (χ2v) is 5.23. The van der Waals surface area contributed by atoms with Gasteiger partial charge in [-0.2, -0.15) is 5.10 Å². The highest BCUT2D eigenvalue weighted by Crippen LogP contribution is 2.27. The summed E-state index contributed by atoms with van der Waals surface area (Å²) < 4.78 is 1.91. The molecule has 1 heterocycles. The summed E-state index contributed by atoms with van der Waals surface area (Å²) in [5, 5.41) is 17.5. The maximum Gasteiger partial charge on any atom is 0.148 e. The van der Waals surface area contributed by atoms with Crippen molar-refractivity contribution in [1.82, 2.24) is 9.78 Å². The summed E-state index contributed by atoms with van der Waals surface area (Å²) in [7, 11) is 0. The predicted octanol–water partition coefficient (Wildman–Crippen LogP) is 1.76. The number of aryl methyl sites for hydroxylation is 2. The summed E-state index contributed by atoms with van der Waals surface area (Å²) in [6.45, 7) is 5.67. The predicted molar refractivity (Wildman–Crippen MR) is 73.5 cm³/mol. The quantitative estimate of drug-likeness (QED) is 0.763. The SMILES string of the molecule is CCn1nc(C)c(N)c1NCC1CCCC(O)C1. The van der Waals surface area contributed by atoms with Gasteiger partial charge in [-0.05, 0) is 39.0 Å². The summed E-state index contributed by atoms with van der Waals surface area (Å²) in [5.74, 6) is 1.46. The molecule has 0 aliphatic heterocycles. The third kappa shape index (κ3) is 2.77. The van der Waals surface area contributed by atoms with Crippen LogP contribution in [-0.2, 0) is 6.54 Å². The summed E-state index contributed by atoms with van der Waals surface area (Å²) in [6, 6.07) is 0. The van der Waals surface area contributed by atoms with E-state index in [9.17, 15) is 5.11 Å². The van der Waals surface area contributed by atoms with E-state index in [1.54, 1.807) is 0 Å². The van der Waals surface area contributed by atoms with Crippen molar-refractivity contribution in [2.75, 3.05) is 17.6 Å². The molecule has 0 aromatic carbocycles. The van der Waals surface area contributed by atoms with Crippen molar-refractivity contribution < 1.29 is 5.11 Å². The smallest absolute Gasteiger partial charge is 0.148 e. The summed E-state index contributed by atoms with van der Waals surface area (Å²) in [5.41, 5.74) is 7.65. The maximum atomic E-state index is 9.67.